The van der Waals surface area contributed by atoms with Crippen molar-refractivity contribution in [3.8, 4) is 11.4 Å². The van der Waals surface area contributed by atoms with Crippen LogP contribution in [0.1, 0.15) is 6.92 Å². The second-order valence-electron chi connectivity index (χ2n) is 4.91. The largest absolute Gasteiger partial charge is 0.337 e. The predicted molar refractivity (Wildman–Crippen MR) is 84.2 cm³/mol. The Morgan fingerprint density at radius 3 is 3.05 bits per heavy atom. The molecule has 1 saturated heterocycles. The van der Waals surface area contributed by atoms with Gasteiger partial charge in [0.25, 0.3) is 0 Å². The minimum Gasteiger partial charge on any atom is -0.337 e. The summed E-state index contributed by atoms with van der Waals surface area (Å²) in [7, 11) is 0. The molecule has 0 spiro atoms. The molecule has 5 nitrogen and oxygen atoms in total. The smallest absolute Gasteiger partial charge is 0.245 e. The molecule has 2 heterocycles. The molecule has 106 valence electrons. The van der Waals surface area contributed by atoms with Gasteiger partial charge in [0.1, 0.15) is 0 Å². The van der Waals surface area contributed by atoms with Crippen LogP contribution in [0, 0.1) is 0 Å². The van der Waals surface area contributed by atoms with Crippen molar-refractivity contribution in [2.45, 2.75) is 13.0 Å². The molecule has 0 unspecified atom stereocenters. The summed E-state index contributed by atoms with van der Waals surface area (Å²) in [5.41, 5.74) is 0.961. The van der Waals surface area contributed by atoms with Gasteiger partial charge in [0.05, 0.1) is 5.02 Å². The van der Waals surface area contributed by atoms with Crippen LogP contribution < -0.4 is 10.2 Å². The summed E-state index contributed by atoms with van der Waals surface area (Å²) < 4.78 is 0.852. The minimum atomic E-state index is 0.454. The summed E-state index contributed by atoms with van der Waals surface area (Å²) in [5.74, 6) is 1.50. The molecule has 0 aliphatic carbocycles. The van der Waals surface area contributed by atoms with Crippen LogP contribution in [-0.4, -0.2) is 40.9 Å². The van der Waals surface area contributed by atoms with E-state index in [4.69, 9.17) is 11.6 Å². The first-order valence-electron chi connectivity index (χ1n) is 6.49. The minimum absolute atomic E-state index is 0.454. The highest BCUT2D eigenvalue weighted by atomic mass is 79.9. The summed E-state index contributed by atoms with van der Waals surface area (Å²) >= 11 is 9.42. The molecule has 2 aromatic rings. The van der Waals surface area contributed by atoms with Crippen molar-refractivity contribution in [3.63, 3.8) is 0 Å². The van der Waals surface area contributed by atoms with Crippen molar-refractivity contribution in [3.05, 3.63) is 27.7 Å². The quantitative estimate of drug-likeness (QED) is 0.868. The lowest BCUT2D eigenvalue weighted by Crippen LogP contribution is -2.49. The number of piperazine rings is 1. The molecule has 1 atom stereocenters. The molecule has 1 aromatic carbocycles. The molecule has 0 bridgehead atoms. The Morgan fingerprint density at radius 1 is 1.45 bits per heavy atom. The molecule has 20 heavy (non-hydrogen) atoms. The van der Waals surface area contributed by atoms with E-state index in [0.717, 1.165) is 41.4 Å². The fourth-order valence-corrected chi connectivity index (χ4v) is 2.78. The van der Waals surface area contributed by atoms with Crippen molar-refractivity contribution < 1.29 is 0 Å². The normalized spacial score (nSPS) is 19.4. The van der Waals surface area contributed by atoms with Crippen LogP contribution in [0.25, 0.3) is 11.4 Å². The van der Waals surface area contributed by atoms with E-state index in [1.54, 1.807) is 0 Å². The van der Waals surface area contributed by atoms with Gasteiger partial charge in [-0.25, -0.2) is 0 Å². The van der Waals surface area contributed by atoms with Gasteiger partial charge in [-0.3, -0.25) is 5.10 Å². The van der Waals surface area contributed by atoms with E-state index < -0.39 is 0 Å². The number of rotatable bonds is 2. The third kappa shape index (κ3) is 2.82. The third-order valence-corrected chi connectivity index (χ3v) is 4.53. The number of nitrogens with zero attached hydrogens (tertiary/aromatic N) is 3. The van der Waals surface area contributed by atoms with Gasteiger partial charge in [0.15, 0.2) is 5.82 Å². The monoisotopic (exact) mass is 355 g/mol. The highest BCUT2D eigenvalue weighted by Crippen LogP contribution is 2.27. The zero-order valence-corrected chi connectivity index (χ0v) is 13.4. The van der Waals surface area contributed by atoms with Gasteiger partial charge in [-0.15, -0.1) is 5.10 Å². The van der Waals surface area contributed by atoms with E-state index in [1.165, 1.54) is 0 Å². The zero-order valence-electron chi connectivity index (χ0n) is 11.0. The standard InChI is InChI=1S/C13H15BrClN5/c1-8-7-20(5-4-16-8)13-17-12(18-19-13)9-2-3-11(15)10(14)6-9/h2-3,6,8,16H,4-5,7H2,1H3,(H,17,18,19)/t8-/m0/s1. The zero-order chi connectivity index (χ0) is 14.1. The van der Waals surface area contributed by atoms with Crippen molar-refractivity contribution in [2.24, 2.45) is 0 Å². The molecular formula is C13H15BrClN5. The molecule has 0 radical (unpaired) electrons. The number of H-pyrrole nitrogens is 1. The number of hydrogen-bond donors (Lipinski definition) is 2. The summed E-state index contributed by atoms with van der Waals surface area (Å²) in [5, 5.41) is 11.4. The van der Waals surface area contributed by atoms with Gasteiger partial charge in [0, 0.05) is 35.7 Å². The summed E-state index contributed by atoms with van der Waals surface area (Å²) in [6.45, 7) is 4.96. The number of nitrogens with one attached hydrogen (secondary N) is 2. The van der Waals surface area contributed by atoms with Gasteiger partial charge < -0.3 is 10.2 Å². The molecule has 1 aliphatic heterocycles. The van der Waals surface area contributed by atoms with Gasteiger partial charge >= 0.3 is 0 Å². The predicted octanol–water partition coefficient (Wildman–Crippen LogP) is 2.69. The van der Waals surface area contributed by atoms with Crippen molar-refractivity contribution in [1.29, 1.82) is 0 Å². The van der Waals surface area contributed by atoms with Gasteiger partial charge in [-0.1, -0.05) is 11.6 Å². The topological polar surface area (TPSA) is 56.8 Å². The van der Waals surface area contributed by atoms with Gasteiger partial charge in [0.2, 0.25) is 5.95 Å². The van der Waals surface area contributed by atoms with E-state index in [0.29, 0.717) is 11.1 Å². The first kappa shape index (κ1) is 13.9. The number of benzene rings is 1. The van der Waals surface area contributed by atoms with Crippen LogP contribution in [0.4, 0.5) is 5.95 Å². The Morgan fingerprint density at radius 2 is 2.30 bits per heavy atom. The van der Waals surface area contributed by atoms with Crippen LogP contribution in [0.15, 0.2) is 22.7 Å². The lowest BCUT2D eigenvalue weighted by Gasteiger charge is -2.30. The molecule has 1 fully saturated rings. The molecule has 1 aliphatic rings. The van der Waals surface area contributed by atoms with E-state index >= 15 is 0 Å². The Hall–Kier alpha value is -1.11. The number of anilines is 1. The molecule has 0 amide bonds. The van der Waals surface area contributed by atoms with E-state index in [9.17, 15) is 0 Å². The average Bonchev–Trinajstić information content (AvgIpc) is 2.92. The van der Waals surface area contributed by atoms with E-state index in [1.807, 2.05) is 18.2 Å². The second-order valence-corrected chi connectivity index (χ2v) is 6.18. The van der Waals surface area contributed by atoms with Gasteiger partial charge in [-0.2, -0.15) is 4.98 Å². The Bertz CT molecular complexity index is 615. The molecule has 0 saturated carbocycles. The van der Waals surface area contributed by atoms with E-state index in [2.05, 4.69) is 48.3 Å². The molecule has 7 heteroatoms. The summed E-state index contributed by atoms with van der Waals surface area (Å²) in [6, 6.07) is 6.16. The highest BCUT2D eigenvalue weighted by Gasteiger charge is 2.19. The maximum Gasteiger partial charge on any atom is 0.245 e. The lowest BCUT2D eigenvalue weighted by atomic mass is 10.2. The number of aromatic nitrogens is 3. The van der Waals surface area contributed by atoms with Crippen molar-refractivity contribution in [1.82, 2.24) is 20.5 Å². The molecule has 2 N–H and O–H groups in total. The van der Waals surface area contributed by atoms with E-state index in [-0.39, 0.29) is 0 Å². The third-order valence-electron chi connectivity index (χ3n) is 3.32. The summed E-state index contributed by atoms with van der Waals surface area (Å²) in [4.78, 5) is 6.76. The maximum atomic E-state index is 6.00. The number of aromatic amines is 1. The van der Waals surface area contributed by atoms with Crippen molar-refractivity contribution in [2.75, 3.05) is 24.5 Å². The van der Waals surface area contributed by atoms with Crippen LogP contribution in [0.3, 0.4) is 0 Å². The van der Waals surface area contributed by atoms with Crippen LogP contribution in [0.5, 0.6) is 0 Å². The Kier molecular flexibility index (Phi) is 3.96. The first-order valence-corrected chi connectivity index (χ1v) is 7.67. The average molecular weight is 357 g/mol. The Balaban J connectivity index is 1.84. The van der Waals surface area contributed by atoms with Crippen molar-refractivity contribution >= 4 is 33.5 Å². The molecule has 1 aromatic heterocycles. The molecular weight excluding hydrogens is 342 g/mol. The van der Waals surface area contributed by atoms with Crippen LogP contribution in [0.2, 0.25) is 5.02 Å². The second kappa shape index (κ2) is 5.71. The fourth-order valence-electron chi connectivity index (χ4n) is 2.28. The van der Waals surface area contributed by atoms with Crippen LogP contribution in [-0.2, 0) is 0 Å². The fraction of sp³-hybridized carbons (Fsp3) is 0.385. The number of hydrogen-bond acceptors (Lipinski definition) is 4. The first-order chi connectivity index (χ1) is 9.63. The number of halogens is 2. The maximum absolute atomic E-state index is 6.00. The van der Waals surface area contributed by atoms with Gasteiger partial charge in [-0.05, 0) is 41.1 Å². The highest BCUT2D eigenvalue weighted by molar-refractivity contribution is 9.10. The Labute approximate surface area is 130 Å². The SMILES string of the molecule is C[C@H]1CN(c2n[nH]c(-c3ccc(Cl)c(Br)c3)n2)CCN1. The summed E-state index contributed by atoms with van der Waals surface area (Å²) in [6.07, 6.45) is 0. The molecule has 3 rings (SSSR count). The lowest BCUT2D eigenvalue weighted by molar-refractivity contribution is 0.480. The van der Waals surface area contributed by atoms with Crippen LogP contribution >= 0.6 is 27.5 Å².